The molecule has 0 radical (unpaired) electrons. The Morgan fingerprint density at radius 2 is 1.48 bits per heavy atom. The van der Waals surface area contributed by atoms with Crippen molar-refractivity contribution in [3.8, 4) is 0 Å². The largest absolute Gasteiger partial charge is 0.465 e. The Hall–Kier alpha value is -4.43. The van der Waals surface area contributed by atoms with E-state index in [2.05, 4.69) is 15.0 Å². The third kappa shape index (κ3) is 10.0. The van der Waals surface area contributed by atoms with Crippen molar-refractivity contribution in [1.29, 1.82) is 0 Å². The van der Waals surface area contributed by atoms with Gasteiger partial charge in [0.25, 0.3) is 5.56 Å². The molecule has 1 aromatic heterocycles. The highest BCUT2D eigenvalue weighted by atomic mass is 32.2. The molecule has 2 unspecified atom stereocenters. The van der Waals surface area contributed by atoms with E-state index in [-0.39, 0.29) is 38.5 Å². The highest BCUT2D eigenvalue weighted by Crippen LogP contribution is 2.39. The number of amides is 1. The van der Waals surface area contributed by atoms with Crippen LogP contribution < -0.4 is 21.4 Å². The van der Waals surface area contributed by atoms with E-state index in [9.17, 15) is 59.0 Å². The minimum Gasteiger partial charge on any atom is -0.465 e. The summed E-state index contributed by atoms with van der Waals surface area (Å²) in [5.41, 5.74) is -6.26. The smallest absolute Gasteiger partial charge is 0.416 e. The number of rotatable bonds is 8. The Bertz CT molecular complexity index is 1920. The van der Waals surface area contributed by atoms with E-state index in [1.54, 1.807) is 18.7 Å². The number of carbonyl (C=O) groups excluding carboxylic acids is 2. The molecule has 0 fully saturated rings. The summed E-state index contributed by atoms with van der Waals surface area (Å²) in [5.74, 6) is -1.56. The van der Waals surface area contributed by atoms with Gasteiger partial charge in [-0.1, -0.05) is 0 Å². The number of sulfonamides is 1. The van der Waals surface area contributed by atoms with Crippen molar-refractivity contribution in [1.82, 2.24) is 9.66 Å². The zero-order valence-corrected chi connectivity index (χ0v) is 27.2. The Morgan fingerprint density at radius 3 is 1.92 bits per heavy atom. The van der Waals surface area contributed by atoms with Crippen LogP contribution in [0.5, 0.6) is 0 Å². The van der Waals surface area contributed by atoms with Gasteiger partial charge in [0.15, 0.2) is 0 Å². The molecule has 2 aromatic carbocycles. The number of methoxy groups -OCH3 is 1. The standard InChI is InChI=1S/C15H18F3N3O5S.C13H14F3NO4/c1-7(2)26-8(3)9-5-10-12(6-11(9)15(16,17)18)19-14(23)21(13(10)22)20-27(4,24)25;1-6(18)8-4-9(12(20)21-3)11(17-7(2)19)5-10(8)13(14,15)16/h5-8,20H,1-4H3,(H,19,23);4-6,18H,1-3H3,(H,17,19). The van der Waals surface area contributed by atoms with Crippen molar-refractivity contribution in [2.45, 2.75) is 65.3 Å². The molecule has 0 spiro atoms. The Labute approximate surface area is 268 Å². The minimum absolute atomic E-state index is 0.183. The molecule has 0 bridgehead atoms. The number of fused-ring (bicyclic) bond motifs is 1. The number of alkyl halides is 6. The van der Waals surface area contributed by atoms with E-state index in [1.807, 2.05) is 0 Å². The molecule has 1 heterocycles. The third-order valence-corrected chi connectivity index (χ3v) is 6.72. The van der Waals surface area contributed by atoms with Crippen LogP contribution in [0.3, 0.4) is 0 Å². The van der Waals surface area contributed by atoms with Crippen LogP contribution >= 0.6 is 0 Å². The van der Waals surface area contributed by atoms with Crippen LogP contribution in [0.25, 0.3) is 10.9 Å². The summed E-state index contributed by atoms with van der Waals surface area (Å²) in [4.78, 5) is 50.9. The minimum atomic E-state index is -4.76. The SMILES string of the molecule is CC(C)OC(C)c1cc2c(=O)n(NS(C)(=O)=O)c(=O)[nH]c2cc1C(F)(F)F.COC(=O)c1cc(C(C)O)c(C(F)(F)F)cc1NC(C)=O. The molecule has 1 amide bonds. The van der Waals surface area contributed by atoms with E-state index in [4.69, 9.17) is 4.74 Å². The monoisotopic (exact) mass is 714 g/mol. The van der Waals surface area contributed by atoms with Crippen LogP contribution in [0.4, 0.5) is 32.0 Å². The van der Waals surface area contributed by atoms with Crippen LogP contribution in [-0.4, -0.2) is 54.5 Å². The van der Waals surface area contributed by atoms with Gasteiger partial charge in [-0.2, -0.15) is 31.0 Å². The number of carbonyl (C=O) groups is 2. The molecule has 4 N–H and O–H groups in total. The molecule has 2 atom stereocenters. The predicted octanol–water partition coefficient (Wildman–Crippen LogP) is 4.20. The van der Waals surface area contributed by atoms with Crippen molar-refractivity contribution in [3.05, 3.63) is 72.9 Å². The van der Waals surface area contributed by atoms with Gasteiger partial charge in [-0.15, -0.1) is 0 Å². The molecule has 48 heavy (non-hydrogen) atoms. The lowest BCUT2D eigenvalue weighted by Gasteiger charge is -2.21. The molecule has 0 aliphatic carbocycles. The van der Waals surface area contributed by atoms with E-state index in [1.165, 1.54) is 6.92 Å². The van der Waals surface area contributed by atoms with Gasteiger partial charge in [0.05, 0.1) is 65.0 Å². The molecule has 3 aromatic rings. The van der Waals surface area contributed by atoms with Crippen molar-refractivity contribution < 1.29 is 58.9 Å². The lowest BCUT2D eigenvalue weighted by molar-refractivity contribution is -0.140. The number of halogens is 6. The zero-order valence-electron chi connectivity index (χ0n) is 26.4. The summed E-state index contributed by atoms with van der Waals surface area (Å²) in [6.45, 7) is 6.92. The van der Waals surface area contributed by atoms with E-state index in [0.29, 0.717) is 12.1 Å². The maximum Gasteiger partial charge on any atom is 0.416 e. The third-order valence-electron chi connectivity index (χ3n) is 6.21. The number of benzene rings is 2. The van der Waals surface area contributed by atoms with Crippen LogP contribution in [0, 0.1) is 0 Å². The van der Waals surface area contributed by atoms with Gasteiger partial charge >= 0.3 is 24.0 Å². The average molecular weight is 715 g/mol. The normalized spacial score (nSPS) is 13.4. The van der Waals surface area contributed by atoms with Crippen LogP contribution in [0.1, 0.15) is 79.4 Å². The number of hydrogen-bond donors (Lipinski definition) is 4. The van der Waals surface area contributed by atoms with Crippen LogP contribution in [0.2, 0.25) is 0 Å². The molecule has 0 aliphatic rings. The molecule has 13 nitrogen and oxygen atoms in total. The number of nitrogens with one attached hydrogen (secondary N) is 3. The highest BCUT2D eigenvalue weighted by Gasteiger charge is 2.37. The highest BCUT2D eigenvalue weighted by molar-refractivity contribution is 7.91. The number of H-pyrrole nitrogens is 1. The summed E-state index contributed by atoms with van der Waals surface area (Å²) >= 11 is 0. The Kier molecular flexibility index (Phi) is 12.2. The molecular formula is C28H32F6N4O9S. The second-order valence-corrected chi connectivity index (χ2v) is 12.3. The van der Waals surface area contributed by atoms with Gasteiger partial charge in [-0.3, -0.25) is 9.59 Å². The quantitative estimate of drug-likeness (QED) is 0.196. The predicted molar refractivity (Wildman–Crippen MR) is 160 cm³/mol. The zero-order chi connectivity index (χ0) is 37.1. The summed E-state index contributed by atoms with van der Waals surface area (Å²) in [7, 11) is -2.92. The van der Waals surface area contributed by atoms with Gasteiger partial charge in [-0.25, -0.2) is 22.8 Å². The number of anilines is 1. The first kappa shape index (κ1) is 39.7. The maximum atomic E-state index is 13.5. The fourth-order valence-corrected chi connectivity index (χ4v) is 4.87. The van der Waals surface area contributed by atoms with Gasteiger partial charge in [0.1, 0.15) is 0 Å². The van der Waals surface area contributed by atoms with Crippen molar-refractivity contribution in [2.75, 3.05) is 23.5 Å². The summed E-state index contributed by atoms with van der Waals surface area (Å²) in [5, 5.41) is 11.3. The number of aromatic amines is 1. The van der Waals surface area contributed by atoms with Gasteiger partial charge in [0, 0.05) is 6.92 Å². The number of esters is 1. The van der Waals surface area contributed by atoms with E-state index >= 15 is 0 Å². The molecule has 0 saturated carbocycles. The van der Waals surface area contributed by atoms with E-state index < -0.39 is 74.4 Å². The molecule has 20 heteroatoms. The Balaban J connectivity index is 0.000000345. The molecule has 266 valence electrons. The number of aliphatic hydroxyl groups excluding tert-OH is 1. The summed E-state index contributed by atoms with van der Waals surface area (Å²) in [6, 6.07) is 3.06. The molecule has 0 aliphatic heterocycles. The van der Waals surface area contributed by atoms with Crippen LogP contribution in [0.15, 0.2) is 33.9 Å². The second kappa shape index (κ2) is 14.8. The van der Waals surface area contributed by atoms with Gasteiger partial charge in [-0.05, 0) is 63.1 Å². The van der Waals surface area contributed by atoms with Crippen molar-refractivity contribution >= 4 is 38.5 Å². The average Bonchev–Trinajstić information content (AvgIpc) is 2.92. The Morgan fingerprint density at radius 1 is 0.938 bits per heavy atom. The summed E-state index contributed by atoms with van der Waals surface area (Å²) < 4.78 is 112. The van der Waals surface area contributed by atoms with Crippen molar-refractivity contribution in [3.63, 3.8) is 0 Å². The number of ether oxygens (including phenoxy) is 2. The second-order valence-electron chi connectivity index (χ2n) is 10.6. The molecule has 0 saturated heterocycles. The lowest BCUT2D eigenvalue weighted by Crippen LogP contribution is -2.43. The summed E-state index contributed by atoms with van der Waals surface area (Å²) in [6.07, 6.45) is -11.6. The first-order valence-electron chi connectivity index (χ1n) is 13.6. The molecular weight excluding hydrogens is 682 g/mol. The fourth-order valence-electron chi connectivity index (χ4n) is 4.37. The first-order valence-corrected chi connectivity index (χ1v) is 15.5. The number of aromatic nitrogens is 2. The fraction of sp³-hybridized carbons (Fsp3) is 0.429. The van der Waals surface area contributed by atoms with Crippen molar-refractivity contribution in [2.24, 2.45) is 0 Å². The van der Waals surface area contributed by atoms with E-state index in [0.717, 1.165) is 39.3 Å². The number of hydrogen-bond acceptors (Lipinski definition) is 9. The first-order chi connectivity index (χ1) is 21.8. The lowest BCUT2D eigenvalue weighted by atomic mass is 9.97. The number of aliphatic hydroxyl groups is 1. The van der Waals surface area contributed by atoms with Gasteiger partial charge in [0.2, 0.25) is 15.9 Å². The van der Waals surface area contributed by atoms with Crippen LogP contribution in [-0.2, 0) is 36.6 Å². The topological polar surface area (TPSA) is 186 Å². The van der Waals surface area contributed by atoms with Gasteiger partial charge < -0.3 is 24.9 Å². The number of nitrogens with zero attached hydrogens (tertiary/aromatic N) is 1. The molecule has 3 rings (SSSR count). The maximum absolute atomic E-state index is 13.5.